The third-order valence-corrected chi connectivity index (χ3v) is 6.46. The fourth-order valence-corrected chi connectivity index (χ4v) is 4.28. The van der Waals surface area contributed by atoms with E-state index in [4.69, 9.17) is 14.2 Å². The second-order valence-corrected chi connectivity index (χ2v) is 9.98. The number of carboxylic acids is 2. The molecule has 0 aromatic heterocycles. The lowest BCUT2D eigenvalue weighted by Gasteiger charge is -2.35. The highest BCUT2D eigenvalue weighted by Crippen LogP contribution is 2.31. The maximum atomic E-state index is 12.3. The number of carbonyl (C=O) groups is 2. The number of hydrogen-bond donors (Lipinski definition) is 2. The molecule has 0 heterocycles. The van der Waals surface area contributed by atoms with Crippen LogP contribution in [0, 0.1) is 0 Å². The molecule has 0 radical (unpaired) electrons. The molecule has 7 nitrogen and oxygen atoms in total. The van der Waals surface area contributed by atoms with Gasteiger partial charge in [0, 0.05) is 12.8 Å². The molecule has 2 N–H and O–H groups in total. The van der Waals surface area contributed by atoms with Crippen LogP contribution in [0.5, 0.6) is 11.5 Å². The van der Waals surface area contributed by atoms with Crippen LogP contribution < -0.4 is 9.47 Å². The van der Waals surface area contributed by atoms with Gasteiger partial charge in [0.25, 0.3) is 0 Å². The van der Waals surface area contributed by atoms with Crippen molar-refractivity contribution in [2.45, 2.75) is 102 Å². The number of hydrogen-bond acceptors (Lipinski definition) is 5. The molecule has 0 spiro atoms. The molecule has 2 aromatic rings. The lowest BCUT2D eigenvalue weighted by molar-refractivity contribution is -0.163. The molecule has 0 fully saturated rings. The van der Waals surface area contributed by atoms with Gasteiger partial charge in [0.15, 0.2) is 0 Å². The van der Waals surface area contributed by atoms with Crippen molar-refractivity contribution in [3.8, 4) is 11.5 Å². The Morgan fingerprint density at radius 3 is 1.35 bits per heavy atom. The monoisotopic (exact) mass is 514 g/mol. The van der Waals surface area contributed by atoms with Gasteiger partial charge >= 0.3 is 11.9 Å². The number of benzene rings is 2. The molecule has 2 rings (SSSR count). The Morgan fingerprint density at radius 1 is 0.703 bits per heavy atom. The predicted octanol–water partition coefficient (Wildman–Crippen LogP) is 6.75. The Kier molecular flexibility index (Phi) is 11.9. The van der Waals surface area contributed by atoms with Gasteiger partial charge in [0.2, 0.25) is 11.2 Å². The molecular formula is C30H42O7. The molecule has 0 saturated heterocycles. The van der Waals surface area contributed by atoms with Crippen molar-refractivity contribution in [1.82, 2.24) is 0 Å². The average Bonchev–Trinajstić information content (AvgIpc) is 2.86. The van der Waals surface area contributed by atoms with Crippen LogP contribution in [-0.4, -0.2) is 45.6 Å². The third kappa shape index (κ3) is 9.73. The van der Waals surface area contributed by atoms with Gasteiger partial charge in [-0.15, -0.1) is 0 Å². The first-order valence-electron chi connectivity index (χ1n) is 13.2. The van der Waals surface area contributed by atoms with Crippen molar-refractivity contribution >= 4 is 11.9 Å². The smallest absolute Gasteiger partial charge is 0.347 e. The highest BCUT2D eigenvalue weighted by atomic mass is 16.5. The van der Waals surface area contributed by atoms with Crippen LogP contribution in [0.15, 0.2) is 60.7 Å². The summed E-state index contributed by atoms with van der Waals surface area (Å²) in [4.78, 5) is 24.7. The molecule has 7 heteroatoms. The Balaban J connectivity index is 2.27. The van der Waals surface area contributed by atoms with Crippen LogP contribution in [0.3, 0.4) is 0 Å². The van der Waals surface area contributed by atoms with Crippen molar-refractivity contribution < 1.29 is 34.0 Å². The quantitative estimate of drug-likeness (QED) is 0.227. The van der Waals surface area contributed by atoms with Gasteiger partial charge in [-0.2, -0.15) is 0 Å². The summed E-state index contributed by atoms with van der Waals surface area (Å²) in [6.07, 6.45) is 4.23. The second-order valence-electron chi connectivity index (χ2n) is 9.98. The first-order chi connectivity index (χ1) is 17.6. The van der Waals surface area contributed by atoms with E-state index in [1.54, 1.807) is 62.4 Å². The second kappa shape index (κ2) is 14.6. The standard InChI is InChI=1S/C30H42O7/c1-5-7-15-25(21-29(3,27(31)32)36-23-17-11-9-12-18-23)35-26(16-8-6-2)22-30(4,28(33)34)37-24-19-13-10-14-20-24/h9-14,17-20,25-26H,5-8,15-16,21-22H2,1-4H3,(H,31,32)(H,33,34). The van der Waals surface area contributed by atoms with E-state index >= 15 is 0 Å². The minimum Gasteiger partial charge on any atom is -0.478 e. The summed E-state index contributed by atoms with van der Waals surface area (Å²) in [5, 5.41) is 20.2. The molecule has 2 aromatic carbocycles. The zero-order chi connectivity index (χ0) is 27.3. The van der Waals surface area contributed by atoms with E-state index in [2.05, 4.69) is 13.8 Å². The average molecular weight is 515 g/mol. The van der Waals surface area contributed by atoms with E-state index in [-0.39, 0.29) is 12.8 Å². The number of rotatable bonds is 18. The van der Waals surface area contributed by atoms with Gasteiger partial charge in [-0.05, 0) is 51.0 Å². The van der Waals surface area contributed by atoms with Crippen LogP contribution in [0.25, 0.3) is 0 Å². The Morgan fingerprint density at radius 2 is 1.05 bits per heavy atom. The molecule has 0 aliphatic heterocycles. The molecule has 0 saturated carbocycles. The molecule has 37 heavy (non-hydrogen) atoms. The van der Waals surface area contributed by atoms with E-state index in [9.17, 15) is 19.8 Å². The fraction of sp³-hybridized carbons (Fsp3) is 0.533. The molecule has 0 aliphatic rings. The van der Waals surface area contributed by atoms with Crippen molar-refractivity contribution in [2.75, 3.05) is 0 Å². The van der Waals surface area contributed by atoms with Gasteiger partial charge in [0.05, 0.1) is 12.2 Å². The number of carboxylic acid groups (broad SMARTS) is 2. The topological polar surface area (TPSA) is 102 Å². The minimum atomic E-state index is -1.51. The van der Waals surface area contributed by atoms with Crippen molar-refractivity contribution in [3.05, 3.63) is 60.7 Å². The predicted molar refractivity (Wildman–Crippen MR) is 143 cm³/mol. The highest BCUT2D eigenvalue weighted by molar-refractivity contribution is 5.78. The van der Waals surface area contributed by atoms with Crippen LogP contribution in [-0.2, 0) is 14.3 Å². The van der Waals surface area contributed by atoms with Crippen molar-refractivity contribution in [1.29, 1.82) is 0 Å². The van der Waals surface area contributed by atoms with Crippen LogP contribution in [0.4, 0.5) is 0 Å². The maximum absolute atomic E-state index is 12.3. The molecule has 4 atom stereocenters. The summed E-state index contributed by atoms with van der Waals surface area (Å²) in [6, 6.07) is 17.8. The van der Waals surface area contributed by atoms with Crippen molar-refractivity contribution in [3.63, 3.8) is 0 Å². The lowest BCUT2D eigenvalue weighted by Crippen LogP contribution is -2.47. The number of unbranched alkanes of at least 4 members (excludes halogenated alkanes) is 2. The number of para-hydroxylation sites is 2. The van der Waals surface area contributed by atoms with Crippen LogP contribution in [0.1, 0.15) is 79.1 Å². The van der Waals surface area contributed by atoms with E-state index in [0.717, 1.165) is 25.7 Å². The van der Waals surface area contributed by atoms with E-state index in [1.165, 1.54) is 0 Å². The first-order valence-corrected chi connectivity index (χ1v) is 13.2. The molecule has 0 amide bonds. The maximum Gasteiger partial charge on any atom is 0.347 e. The normalized spacial score (nSPS) is 16.1. The zero-order valence-corrected chi connectivity index (χ0v) is 22.5. The van der Waals surface area contributed by atoms with Gasteiger partial charge in [-0.3, -0.25) is 0 Å². The molecule has 204 valence electrons. The summed E-state index contributed by atoms with van der Waals surface area (Å²) >= 11 is 0. The number of ether oxygens (including phenoxy) is 3. The zero-order valence-electron chi connectivity index (χ0n) is 22.5. The Hall–Kier alpha value is -3.06. The van der Waals surface area contributed by atoms with Crippen molar-refractivity contribution in [2.24, 2.45) is 0 Å². The van der Waals surface area contributed by atoms with E-state index < -0.39 is 35.3 Å². The summed E-state index contributed by atoms with van der Waals surface area (Å²) in [5.74, 6) is -1.21. The lowest BCUT2D eigenvalue weighted by atomic mass is 9.92. The van der Waals surface area contributed by atoms with Crippen LogP contribution >= 0.6 is 0 Å². The SMILES string of the molecule is CCCCC(CC(C)(Oc1ccccc1)C(=O)O)OC(CCCC)CC(C)(Oc1ccccc1)C(=O)O. The molecule has 0 aliphatic carbocycles. The third-order valence-electron chi connectivity index (χ3n) is 6.46. The Bertz CT molecular complexity index is 871. The summed E-state index contributed by atoms with van der Waals surface area (Å²) < 4.78 is 18.4. The molecular weight excluding hydrogens is 472 g/mol. The largest absolute Gasteiger partial charge is 0.478 e. The minimum absolute atomic E-state index is 0.128. The summed E-state index contributed by atoms with van der Waals surface area (Å²) in [7, 11) is 0. The van der Waals surface area contributed by atoms with Gasteiger partial charge in [0.1, 0.15) is 11.5 Å². The van der Waals surface area contributed by atoms with E-state index in [1.807, 2.05) is 12.1 Å². The van der Waals surface area contributed by atoms with Gasteiger partial charge < -0.3 is 24.4 Å². The van der Waals surface area contributed by atoms with E-state index in [0.29, 0.717) is 24.3 Å². The fourth-order valence-electron chi connectivity index (χ4n) is 4.28. The highest BCUT2D eigenvalue weighted by Gasteiger charge is 2.42. The van der Waals surface area contributed by atoms with Gasteiger partial charge in [-0.1, -0.05) is 75.9 Å². The molecule has 0 bridgehead atoms. The van der Waals surface area contributed by atoms with Crippen LogP contribution in [0.2, 0.25) is 0 Å². The summed E-state index contributed by atoms with van der Waals surface area (Å²) in [5.41, 5.74) is -3.02. The summed E-state index contributed by atoms with van der Waals surface area (Å²) in [6.45, 7) is 7.26. The molecule has 4 unspecified atom stereocenters. The Labute approximate surface area is 220 Å². The number of aliphatic carboxylic acids is 2. The van der Waals surface area contributed by atoms with Gasteiger partial charge in [-0.25, -0.2) is 9.59 Å². The first kappa shape index (κ1) is 30.2.